The Morgan fingerprint density at radius 1 is 1.27 bits per heavy atom. The van der Waals surface area contributed by atoms with Crippen molar-refractivity contribution in [2.45, 2.75) is 32.2 Å². The summed E-state index contributed by atoms with van der Waals surface area (Å²) >= 11 is 5.83. The number of amides is 1. The highest BCUT2D eigenvalue weighted by atomic mass is 35.5. The Kier molecular flexibility index (Phi) is 5.61. The van der Waals surface area contributed by atoms with Gasteiger partial charge >= 0.3 is 0 Å². The topological polar surface area (TPSA) is 127 Å². The molecule has 1 aliphatic heterocycles. The van der Waals surface area contributed by atoms with Crippen LogP contribution in [0.5, 0.6) is 5.75 Å². The van der Waals surface area contributed by atoms with Crippen LogP contribution >= 0.6 is 11.6 Å². The number of nitrogens with one attached hydrogen (secondary N) is 1. The molecule has 176 valence electrons. The molecular formula is C20H21ClFN5O5S. The smallest absolute Gasteiger partial charge is 0.280 e. The zero-order valence-electron chi connectivity index (χ0n) is 18.0. The molecule has 10 nitrogen and oxygen atoms in total. The van der Waals surface area contributed by atoms with Gasteiger partial charge in [0.1, 0.15) is 16.7 Å². The number of halogens is 2. The average Bonchev–Trinajstić information content (AvgIpc) is 3.04. The van der Waals surface area contributed by atoms with Gasteiger partial charge in [0.2, 0.25) is 10.0 Å². The molecule has 0 atom stereocenters. The highest BCUT2D eigenvalue weighted by Crippen LogP contribution is 2.36. The van der Waals surface area contributed by atoms with E-state index in [0.29, 0.717) is 12.1 Å². The van der Waals surface area contributed by atoms with E-state index >= 15 is 0 Å². The Bertz CT molecular complexity index is 1460. The number of carbonyl (C=O) groups is 1. The molecule has 2 N–H and O–H groups in total. The molecule has 13 heteroatoms. The first-order chi connectivity index (χ1) is 15.4. The van der Waals surface area contributed by atoms with E-state index in [1.807, 2.05) is 0 Å². The number of aromatic hydroxyl groups is 1. The van der Waals surface area contributed by atoms with Crippen LogP contribution in [-0.4, -0.2) is 57.5 Å². The van der Waals surface area contributed by atoms with Gasteiger partial charge in [0.05, 0.1) is 16.8 Å². The van der Waals surface area contributed by atoms with E-state index in [4.69, 9.17) is 11.6 Å². The third-order valence-electron chi connectivity index (χ3n) is 5.52. The molecule has 1 aromatic carbocycles. The van der Waals surface area contributed by atoms with Crippen LogP contribution in [0.1, 0.15) is 29.9 Å². The summed E-state index contributed by atoms with van der Waals surface area (Å²) in [5, 5.41) is 13.8. The fourth-order valence-electron chi connectivity index (χ4n) is 3.61. The minimum absolute atomic E-state index is 0.0200. The van der Waals surface area contributed by atoms with E-state index in [1.54, 1.807) is 7.05 Å². The molecule has 1 amide bonds. The maximum Gasteiger partial charge on any atom is 0.280 e. The number of sulfonamides is 1. The maximum atomic E-state index is 13.5. The molecule has 0 bridgehead atoms. The van der Waals surface area contributed by atoms with Crippen molar-refractivity contribution in [2.75, 3.05) is 18.3 Å². The molecule has 2 aromatic heterocycles. The standard InChI is InChI=1S/C20H21ClFN5O5S/c1-10(2)33(31,32)24-18-15-14(17(28)16-20(30)25(3)6-7-26(15)16)19(29)27(23-18)9-11-4-5-13(22)12(21)8-11/h4-5,8,10,28H,6-7,9H2,1-3H3,(H,23,24). The van der Waals surface area contributed by atoms with Crippen LogP contribution in [0.15, 0.2) is 23.0 Å². The van der Waals surface area contributed by atoms with E-state index in [1.165, 1.54) is 35.4 Å². The molecule has 3 aromatic rings. The van der Waals surface area contributed by atoms with Crippen LogP contribution < -0.4 is 10.3 Å². The van der Waals surface area contributed by atoms with Crippen molar-refractivity contribution in [1.29, 1.82) is 0 Å². The van der Waals surface area contributed by atoms with Gasteiger partial charge < -0.3 is 14.6 Å². The van der Waals surface area contributed by atoms with Crippen LogP contribution in [0.3, 0.4) is 0 Å². The zero-order chi connectivity index (χ0) is 24.2. The van der Waals surface area contributed by atoms with Gasteiger partial charge in [-0.1, -0.05) is 17.7 Å². The molecule has 0 aliphatic carbocycles. The molecule has 0 saturated carbocycles. The molecule has 3 heterocycles. The largest absolute Gasteiger partial charge is 0.505 e. The molecule has 0 radical (unpaired) electrons. The van der Waals surface area contributed by atoms with Gasteiger partial charge in [0, 0.05) is 20.1 Å². The van der Waals surface area contributed by atoms with Crippen LogP contribution in [-0.2, 0) is 23.1 Å². The highest BCUT2D eigenvalue weighted by Gasteiger charge is 2.33. The van der Waals surface area contributed by atoms with E-state index < -0.39 is 38.3 Å². The van der Waals surface area contributed by atoms with Gasteiger partial charge in [-0.3, -0.25) is 14.3 Å². The number of nitrogens with zero attached hydrogens (tertiary/aromatic N) is 4. The Balaban J connectivity index is 2.00. The number of carbonyl (C=O) groups excluding carboxylic acids is 1. The lowest BCUT2D eigenvalue weighted by Crippen LogP contribution is -2.37. The van der Waals surface area contributed by atoms with Crippen molar-refractivity contribution < 1.29 is 22.7 Å². The predicted octanol–water partition coefficient (Wildman–Crippen LogP) is 1.98. The summed E-state index contributed by atoms with van der Waals surface area (Å²) in [7, 11) is -2.33. The van der Waals surface area contributed by atoms with Crippen LogP contribution in [0.4, 0.5) is 10.2 Å². The number of fused-ring (bicyclic) bond motifs is 3. The number of anilines is 1. The number of likely N-dealkylation sites (N-methyl/N-ethyl adjacent to an activating group) is 1. The van der Waals surface area contributed by atoms with Gasteiger partial charge in [0.15, 0.2) is 17.3 Å². The molecule has 0 saturated heterocycles. The number of hydrogen-bond donors (Lipinski definition) is 2. The van der Waals surface area contributed by atoms with Crippen molar-refractivity contribution >= 4 is 44.3 Å². The van der Waals surface area contributed by atoms with Crippen molar-refractivity contribution in [3.05, 3.63) is 50.7 Å². The van der Waals surface area contributed by atoms with E-state index in [9.17, 15) is 27.5 Å². The minimum atomic E-state index is -3.89. The second-order valence-electron chi connectivity index (χ2n) is 8.05. The first kappa shape index (κ1) is 23.1. The van der Waals surface area contributed by atoms with Crippen molar-refractivity contribution in [3.8, 4) is 5.75 Å². The third-order valence-corrected chi connectivity index (χ3v) is 7.52. The lowest BCUT2D eigenvalue weighted by atomic mass is 10.2. The molecule has 0 unspecified atom stereocenters. The zero-order valence-corrected chi connectivity index (χ0v) is 19.5. The maximum absolute atomic E-state index is 13.5. The molecule has 1 aliphatic rings. The number of rotatable bonds is 5. The van der Waals surface area contributed by atoms with Crippen molar-refractivity contribution in [1.82, 2.24) is 19.2 Å². The Morgan fingerprint density at radius 3 is 2.61 bits per heavy atom. The quantitative estimate of drug-likeness (QED) is 0.555. The number of hydrogen-bond acceptors (Lipinski definition) is 6. The lowest BCUT2D eigenvalue weighted by Gasteiger charge is -2.25. The summed E-state index contributed by atoms with van der Waals surface area (Å²) in [6.45, 7) is 3.28. The minimum Gasteiger partial charge on any atom is -0.505 e. The summed E-state index contributed by atoms with van der Waals surface area (Å²) < 4.78 is 43.5. The predicted molar refractivity (Wildman–Crippen MR) is 121 cm³/mol. The second kappa shape index (κ2) is 8.03. The lowest BCUT2D eigenvalue weighted by molar-refractivity contribution is 0.0747. The Labute approximate surface area is 193 Å². The van der Waals surface area contributed by atoms with Crippen molar-refractivity contribution in [2.24, 2.45) is 0 Å². The summed E-state index contributed by atoms with van der Waals surface area (Å²) in [4.78, 5) is 27.4. The molecule has 0 spiro atoms. The Morgan fingerprint density at radius 2 is 1.97 bits per heavy atom. The number of benzene rings is 1. The summed E-state index contributed by atoms with van der Waals surface area (Å²) in [5.41, 5.74) is -0.420. The van der Waals surface area contributed by atoms with Gasteiger partial charge in [-0.05, 0) is 31.5 Å². The van der Waals surface area contributed by atoms with Crippen LogP contribution in [0, 0.1) is 5.82 Å². The monoisotopic (exact) mass is 497 g/mol. The summed E-state index contributed by atoms with van der Waals surface area (Å²) in [6, 6.07) is 3.85. The SMILES string of the molecule is CC(C)S(=O)(=O)Nc1nn(Cc2ccc(F)c(Cl)c2)c(=O)c2c(O)c3n(c12)CCN(C)C3=O. The molecule has 0 fully saturated rings. The highest BCUT2D eigenvalue weighted by molar-refractivity contribution is 7.93. The van der Waals surface area contributed by atoms with Gasteiger partial charge in [-0.25, -0.2) is 17.5 Å². The first-order valence-electron chi connectivity index (χ1n) is 9.99. The van der Waals surface area contributed by atoms with E-state index in [2.05, 4.69) is 9.82 Å². The van der Waals surface area contributed by atoms with Crippen LogP contribution in [0.25, 0.3) is 10.9 Å². The summed E-state index contributed by atoms with van der Waals surface area (Å²) in [6.07, 6.45) is 0. The first-order valence-corrected chi connectivity index (χ1v) is 11.9. The second-order valence-corrected chi connectivity index (χ2v) is 10.7. The van der Waals surface area contributed by atoms with Crippen molar-refractivity contribution in [3.63, 3.8) is 0 Å². The van der Waals surface area contributed by atoms with E-state index in [0.717, 1.165) is 10.7 Å². The van der Waals surface area contributed by atoms with Gasteiger partial charge in [-0.15, -0.1) is 5.10 Å². The van der Waals surface area contributed by atoms with Crippen LogP contribution in [0.2, 0.25) is 5.02 Å². The normalized spacial score (nSPS) is 14.2. The molecule has 4 rings (SSSR count). The van der Waals surface area contributed by atoms with Gasteiger partial charge in [-0.2, -0.15) is 0 Å². The fraction of sp³-hybridized carbons (Fsp3) is 0.350. The van der Waals surface area contributed by atoms with E-state index in [-0.39, 0.29) is 40.5 Å². The molecular weight excluding hydrogens is 477 g/mol. The van der Waals surface area contributed by atoms with Gasteiger partial charge in [0.25, 0.3) is 11.5 Å². The average molecular weight is 498 g/mol. The molecule has 33 heavy (non-hydrogen) atoms. The number of aromatic nitrogens is 3. The Hall–Kier alpha value is -3.12. The fourth-order valence-corrected chi connectivity index (χ4v) is 4.45. The third kappa shape index (κ3) is 3.82. The summed E-state index contributed by atoms with van der Waals surface area (Å²) in [5.74, 6) is -1.90.